The van der Waals surface area contributed by atoms with Crippen LogP contribution in [0.25, 0.3) is 0 Å². The molecular weight excluding hydrogens is 232 g/mol. The van der Waals surface area contributed by atoms with Crippen LogP contribution >= 0.6 is 11.8 Å². The van der Waals surface area contributed by atoms with Gasteiger partial charge in [-0.2, -0.15) is 11.8 Å². The summed E-state index contributed by atoms with van der Waals surface area (Å²) in [4.78, 5) is 14.4. The lowest BCUT2D eigenvalue weighted by atomic mass is 10.1. The third kappa shape index (κ3) is 4.88. The molecule has 2 atom stereocenters. The maximum Gasteiger partial charge on any atom is 0.226 e. The Kier molecular flexibility index (Phi) is 6.97. The van der Waals surface area contributed by atoms with Crippen molar-refractivity contribution in [3.63, 3.8) is 0 Å². The molecule has 1 amide bonds. The number of amides is 1. The molecule has 0 saturated carbocycles. The first-order valence-electron chi connectivity index (χ1n) is 6.74. The Morgan fingerprint density at radius 3 is 2.94 bits per heavy atom. The van der Waals surface area contributed by atoms with E-state index in [9.17, 15) is 4.79 Å². The second-order valence-electron chi connectivity index (χ2n) is 4.82. The lowest BCUT2D eigenvalue weighted by Crippen LogP contribution is -2.41. The highest BCUT2D eigenvalue weighted by Gasteiger charge is 2.24. The molecular formula is C13H26N2OS. The van der Waals surface area contributed by atoms with Crippen LogP contribution in [-0.2, 0) is 4.79 Å². The number of carbonyl (C=O) groups is 1. The highest BCUT2D eigenvalue weighted by molar-refractivity contribution is 7.99. The number of likely N-dealkylation sites (tertiary alicyclic amines) is 1. The van der Waals surface area contributed by atoms with Crippen LogP contribution in [0.5, 0.6) is 0 Å². The first-order chi connectivity index (χ1) is 8.19. The van der Waals surface area contributed by atoms with Crippen LogP contribution < -0.4 is 5.32 Å². The van der Waals surface area contributed by atoms with Crippen molar-refractivity contribution >= 4 is 17.7 Å². The van der Waals surface area contributed by atoms with Crippen LogP contribution in [-0.4, -0.2) is 48.5 Å². The summed E-state index contributed by atoms with van der Waals surface area (Å²) in [6.07, 6.45) is 3.70. The van der Waals surface area contributed by atoms with Gasteiger partial charge in [-0.15, -0.1) is 0 Å². The van der Waals surface area contributed by atoms with Crippen molar-refractivity contribution in [3.8, 4) is 0 Å². The average molecular weight is 258 g/mol. The lowest BCUT2D eigenvalue weighted by Gasteiger charge is -2.26. The highest BCUT2D eigenvalue weighted by atomic mass is 32.2. The summed E-state index contributed by atoms with van der Waals surface area (Å²) in [5.41, 5.74) is 0. The molecule has 0 aromatic heterocycles. The van der Waals surface area contributed by atoms with E-state index in [0.29, 0.717) is 11.2 Å². The Bertz CT molecular complexity index is 235. The number of hydrogen-bond donors (Lipinski definition) is 1. The minimum absolute atomic E-state index is 0.102. The molecule has 100 valence electrons. The molecule has 1 N–H and O–H groups in total. The lowest BCUT2D eigenvalue weighted by molar-refractivity contribution is -0.134. The molecule has 3 nitrogen and oxygen atoms in total. The first-order valence-corrected chi connectivity index (χ1v) is 7.78. The van der Waals surface area contributed by atoms with Crippen molar-refractivity contribution in [2.45, 2.75) is 38.4 Å². The van der Waals surface area contributed by atoms with Gasteiger partial charge in [0.1, 0.15) is 0 Å². The largest absolute Gasteiger partial charge is 0.341 e. The van der Waals surface area contributed by atoms with Gasteiger partial charge in [-0.1, -0.05) is 20.3 Å². The maximum atomic E-state index is 12.3. The third-order valence-corrected chi connectivity index (χ3v) is 4.46. The predicted molar refractivity (Wildman–Crippen MR) is 75.4 cm³/mol. The molecule has 1 aliphatic heterocycles. The van der Waals surface area contributed by atoms with E-state index in [4.69, 9.17) is 0 Å². The predicted octanol–water partition coefficient (Wildman–Crippen LogP) is 1.98. The van der Waals surface area contributed by atoms with Gasteiger partial charge in [0.05, 0.1) is 0 Å². The van der Waals surface area contributed by atoms with Gasteiger partial charge in [0.2, 0.25) is 5.91 Å². The van der Waals surface area contributed by atoms with Crippen molar-refractivity contribution in [3.05, 3.63) is 0 Å². The van der Waals surface area contributed by atoms with E-state index in [1.165, 1.54) is 19.3 Å². The second-order valence-corrected chi connectivity index (χ2v) is 6.39. The normalized spacial score (nSPS) is 23.2. The fourth-order valence-electron chi connectivity index (χ4n) is 2.38. The standard InChI is InChI=1S/C13H26N2OS/c1-4-17-12-7-5-6-8-15(10-12)13(16)11(2)9-14-3/h11-12,14H,4-10H2,1-3H3. The third-order valence-electron chi connectivity index (χ3n) is 3.27. The van der Waals surface area contributed by atoms with Gasteiger partial charge in [-0.05, 0) is 25.6 Å². The van der Waals surface area contributed by atoms with Gasteiger partial charge in [0.25, 0.3) is 0 Å². The molecule has 0 radical (unpaired) electrons. The quantitative estimate of drug-likeness (QED) is 0.818. The Morgan fingerprint density at radius 2 is 2.29 bits per heavy atom. The molecule has 1 rings (SSSR count). The minimum atomic E-state index is 0.102. The van der Waals surface area contributed by atoms with Gasteiger partial charge < -0.3 is 10.2 Å². The molecule has 0 aromatic carbocycles. The molecule has 1 aliphatic rings. The van der Waals surface area contributed by atoms with Crippen LogP contribution in [0.2, 0.25) is 0 Å². The van der Waals surface area contributed by atoms with Crippen LogP contribution in [0, 0.1) is 5.92 Å². The molecule has 2 unspecified atom stereocenters. The van der Waals surface area contributed by atoms with Crippen molar-refractivity contribution in [2.75, 3.05) is 32.4 Å². The molecule has 0 bridgehead atoms. The van der Waals surface area contributed by atoms with Crippen molar-refractivity contribution in [2.24, 2.45) is 5.92 Å². The monoisotopic (exact) mass is 258 g/mol. The van der Waals surface area contributed by atoms with E-state index < -0.39 is 0 Å². The van der Waals surface area contributed by atoms with E-state index in [-0.39, 0.29) is 5.92 Å². The van der Waals surface area contributed by atoms with Crippen LogP contribution in [0.15, 0.2) is 0 Å². The van der Waals surface area contributed by atoms with Gasteiger partial charge in [-0.25, -0.2) is 0 Å². The number of nitrogens with one attached hydrogen (secondary N) is 1. The average Bonchev–Trinajstić information content (AvgIpc) is 2.54. The van der Waals surface area contributed by atoms with Gasteiger partial charge >= 0.3 is 0 Å². The number of hydrogen-bond acceptors (Lipinski definition) is 3. The Balaban J connectivity index is 2.52. The molecule has 17 heavy (non-hydrogen) atoms. The van der Waals surface area contributed by atoms with Crippen LogP contribution in [0.4, 0.5) is 0 Å². The van der Waals surface area contributed by atoms with Crippen molar-refractivity contribution < 1.29 is 4.79 Å². The molecule has 1 heterocycles. The fraction of sp³-hybridized carbons (Fsp3) is 0.923. The van der Waals surface area contributed by atoms with E-state index in [2.05, 4.69) is 17.1 Å². The molecule has 0 aromatic rings. The number of thioether (sulfide) groups is 1. The van der Waals surface area contributed by atoms with Gasteiger partial charge in [-0.3, -0.25) is 4.79 Å². The van der Waals surface area contributed by atoms with E-state index in [1.54, 1.807) is 0 Å². The summed E-state index contributed by atoms with van der Waals surface area (Å²) in [5.74, 6) is 1.58. The zero-order valence-electron chi connectivity index (χ0n) is 11.4. The topological polar surface area (TPSA) is 32.3 Å². The van der Waals surface area contributed by atoms with Crippen LogP contribution in [0.3, 0.4) is 0 Å². The molecule has 1 fully saturated rings. The zero-order chi connectivity index (χ0) is 12.7. The number of nitrogens with zero attached hydrogens (tertiary/aromatic N) is 1. The maximum absolute atomic E-state index is 12.3. The number of rotatable bonds is 5. The Hall–Kier alpha value is -0.220. The first kappa shape index (κ1) is 14.8. The summed E-state index contributed by atoms with van der Waals surface area (Å²) in [6, 6.07) is 0. The minimum Gasteiger partial charge on any atom is -0.341 e. The highest BCUT2D eigenvalue weighted by Crippen LogP contribution is 2.22. The van der Waals surface area contributed by atoms with E-state index >= 15 is 0 Å². The smallest absolute Gasteiger partial charge is 0.226 e. The molecule has 4 heteroatoms. The summed E-state index contributed by atoms with van der Waals surface area (Å²) in [5, 5.41) is 3.73. The van der Waals surface area contributed by atoms with Gasteiger partial charge in [0, 0.05) is 30.8 Å². The summed E-state index contributed by atoms with van der Waals surface area (Å²) < 4.78 is 0. The molecule has 0 aliphatic carbocycles. The second kappa shape index (κ2) is 7.98. The van der Waals surface area contributed by atoms with E-state index in [0.717, 1.165) is 25.4 Å². The van der Waals surface area contributed by atoms with Crippen molar-refractivity contribution in [1.82, 2.24) is 10.2 Å². The summed E-state index contributed by atoms with van der Waals surface area (Å²) in [6.45, 7) is 6.90. The molecule has 0 spiro atoms. The Morgan fingerprint density at radius 1 is 1.53 bits per heavy atom. The molecule has 1 saturated heterocycles. The Labute approximate surface area is 110 Å². The summed E-state index contributed by atoms with van der Waals surface area (Å²) >= 11 is 2.00. The van der Waals surface area contributed by atoms with Gasteiger partial charge in [0.15, 0.2) is 0 Å². The fourth-order valence-corrected chi connectivity index (χ4v) is 3.47. The SMILES string of the molecule is CCSC1CCCCN(C(=O)C(C)CNC)C1. The van der Waals surface area contributed by atoms with Crippen LogP contribution in [0.1, 0.15) is 33.1 Å². The van der Waals surface area contributed by atoms with E-state index in [1.807, 2.05) is 25.7 Å². The number of carbonyl (C=O) groups excluding carboxylic acids is 1. The summed E-state index contributed by atoms with van der Waals surface area (Å²) in [7, 11) is 1.90. The van der Waals surface area contributed by atoms with Crippen molar-refractivity contribution in [1.29, 1.82) is 0 Å². The zero-order valence-corrected chi connectivity index (χ0v) is 12.2.